The van der Waals surface area contributed by atoms with Crippen molar-refractivity contribution in [1.82, 2.24) is 15.1 Å². The first-order valence-corrected chi connectivity index (χ1v) is 9.28. The van der Waals surface area contributed by atoms with Crippen LogP contribution >= 0.6 is 0 Å². The SMILES string of the molecule is CN1[C@@H]2CC[C@H]1CC(Nc1ccc(-c3ccc4[nH]ncc4c3)cc1)C2. The molecule has 3 heterocycles. The molecule has 1 unspecified atom stereocenters. The minimum Gasteiger partial charge on any atom is -0.382 e. The van der Waals surface area contributed by atoms with Crippen molar-refractivity contribution in [2.45, 2.75) is 43.8 Å². The molecule has 3 atom stereocenters. The number of benzene rings is 2. The van der Waals surface area contributed by atoms with Crippen LogP contribution in [0.4, 0.5) is 5.69 Å². The van der Waals surface area contributed by atoms with Gasteiger partial charge in [-0.25, -0.2) is 0 Å². The smallest absolute Gasteiger partial charge is 0.0650 e. The Balaban J connectivity index is 1.31. The van der Waals surface area contributed by atoms with Gasteiger partial charge in [-0.15, -0.1) is 0 Å². The van der Waals surface area contributed by atoms with E-state index in [1.807, 2.05) is 6.20 Å². The third kappa shape index (κ3) is 2.71. The van der Waals surface area contributed by atoms with E-state index in [0.717, 1.165) is 23.0 Å². The quantitative estimate of drug-likeness (QED) is 0.753. The number of H-pyrrole nitrogens is 1. The fourth-order valence-electron chi connectivity index (χ4n) is 4.65. The van der Waals surface area contributed by atoms with Crippen LogP contribution in [0.2, 0.25) is 0 Å². The van der Waals surface area contributed by atoms with E-state index < -0.39 is 0 Å². The molecular formula is C21H24N4. The van der Waals surface area contributed by atoms with Gasteiger partial charge in [-0.05, 0) is 68.1 Å². The van der Waals surface area contributed by atoms with Crippen LogP contribution in [0.1, 0.15) is 25.7 Å². The third-order valence-electron chi connectivity index (χ3n) is 6.13. The topological polar surface area (TPSA) is 44.0 Å². The van der Waals surface area contributed by atoms with E-state index in [1.165, 1.54) is 42.5 Å². The Morgan fingerprint density at radius 2 is 1.72 bits per heavy atom. The van der Waals surface area contributed by atoms with Crippen LogP contribution in [0, 0.1) is 0 Å². The predicted molar refractivity (Wildman–Crippen MR) is 103 cm³/mol. The first kappa shape index (κ1) is 15.0. The number of rotatable bonds is 3. The Labute approximate surface area is 148 Å². The number of fused-ring (bicyclic) bond motifs is 3. The molecule has 2 saturated heterocycles. The zero-order chi connectivity index (χ0) is 16.8. The molecule has 4 heteroatoms. The average molecular weight is 332 g/mol. The lowest BCUT2D eigenvalue weighted by atomic mass is 9.97. The summed E-state index contributed by atoms with van der Waals surface area (Å²) in [4.78, 5) is 2.59. The van der Waals surface area contributed by atoms with Gasteiger partial charge in [-0.3, -0.25) is 5.10 Å². The van der Waals surface area contributed by atoms with E-state index in [1.54, 1.807) is 0 Å². The number of nitrogens with one attached hydrogen (secondary N) is 2. The minimum atomic E-state index is 0.613. The molecule has 128 valence electrons. The van der Waals surface area contributed by atoms with E-state index >= 15 is 0 Å². The van der Waals surface area contributed by atoms with Gasteiger partial charge in [0.2, 0.25) is 0 Å². The molecule has 2 aliphatic heterocycles. The maximum Gasteiger partial charge on any atom is 0.0650 e. The van der Waals surface area contributed by atoms with Crippen LogP contribution in [-0.4, -0.2) is 40.3 Å². The molecule has 1 aromatic heterocycles. The second kappa shape index (κ2) is 5.88. The Morgan fingerprint density at radius 1 is 1.00 bits per heavy atom. The zero-order valence-corrected chi connectivity index (χ0v) is 14.6. The molecule has 3 aromatic rings. The van der Waals surface area contributed by atoms with E-state index in [2.05, 4.69) is 69.9 Å². The van der Waals surface area contributed by atoms with Gasteiger partial charge in [0.25, 0.3) is 0 Å². The lowest BCUT2D eigenvalue weighted by molar-refractivity contribution is 0.169. The highest BCUT2D eigenvalue weighted by Gasteiger charge is 2.38. The van der Waals surface area contributed by atoms with Gasteiger partial charge >= 0.3 is 0 Å². The molecule has 0 radical (unpaired) electrons. The number of aromatic nitrogens is 2. The highest BCUT2D eigenvalue weighted by molar-refractivity contribution is 5.84. The van der Waals surface area contributed by atoms with Crippen molar-refractivity contribution in [2.75, 3.05) is 12.4 Å². The van der Waals surface area contributed by atoms with Crippen molar-refractivity contribution >= 4 is 16.6 Å². The Hall–Kier alpha value is -2.33. The van der Waals surface area contributed by atoms with Gasteiger partial charge in [0.15, 0.2) is 0 Å². The Bertz CT molecular complexity index is 868. The molecule has 2 N–H and O–H groups in total. The van der Waals surface area contributed by atoms with Crippen LogP contribution in [-0.2, 0) is 0 Å². The second-order valence-corrected chi connectivity index (χ2v) is 7.61. The number of anilines is 1. The molecule has 5 rings (SSSR count). The average Bonchev–Trinajstić information content (AvgIpc) is 3.16. The molecular weight excluding hydrogens is 308 g/mol. The van der Waals surface area contributed by atoms with E-state index in [4.69, 9.17) is 0 Å². The van der Waals surface area contributed by atoms with Crippen molar-refractivity contribution in [2.24, 2.45) is 0 Å². The van der Waals surface area contributed by atoms with Crippen molar-refractivity contribution < 1.29 is 0 Å². The number of nitrogens with zero attached hydrogens (tertiary/aromatic N) is 2. The minimum absolute atomic E-state index is 0.613. The highest BCUT2D eigenvalue weighted by atomic mass is 15.2. The number of hydrogen-bond acceptors (Lipinski definition) is 3. The van der Waals surface area contributed by atoms with Crippen LogP contribution in [0.15, 0.2) is 48.7 Å². The number of hydrogen-bond donors (Lipinski definition) is 2. The first-order valence-electron chi connectivity index (χ1n) is 9.28. The van der Waals surface area contributed by atoms with E-state index in [0.29, 0.717) is 6.04 Å². The summed E-state index contributed by atoms with van der Waals surface area (Å²) in [6.45, 7) is 0. The summed E-state index contributed by atoms with van der Waals surface area (Å²) >= 11 is 0. The van der Waals surface area contributed by atoms with Crippen LogP contribution in [0.3, 0.4) is 0 Å². The predicted octanol–water partition coefficient (Wildman–Crippen LogP) is 4.27. The summed E-state index contributed by atoms with van der Waals surface area (Å²) < 4.78 is 0. The number of piperidine rings is 1. The zero-order valence-electron chi connectivity index (χ0n) is 14.6. The molecule has 4 nitrogen and oxygen atoms in total. The van der Waals surface area contributed by atoms with Crippen molar-refractivity contribution in [3.63, 3.8) is 0 Å². The van der Waals surface area contributed by atoms with Crippen LogP contribution in [0.25, 0.3) is 22.0 Å². The molecule has 0 saturated carbocycles. The Kier molecular flexibility index (Phi) is 3.52. The molecule has 2 aliphatic rings. The fraction of sp³-hybridized carbons (Fsp3) is 0.381. The lowest BCUT2D eigenvalue weighted by Crippen LogP contribution is -2.44. The van der Waals surface area contributed by atoms with Crippen molar-refractivity contribution in [1.29, 1.82) is 0 Å². The standard InChI is InChI=1S/C21H24N4/c1-25-19-7-8-20(25)12-18(11-19)23-17-5-2-14(3-6-17)15-4-9-21-16(10-15)13-22-24-21/h2-6,9-10,13,18-20,23H,7-8,11-12H2,1H3,(H,22,24)/t18?,19-,20+. The summed E-state index contributed by atoms with van der Waals surface area (Å²) in [7, 11) is 2.30. The Morgan fingerprint density at radius 3 is 2.48 bits per heavy atom. The van der Waals surface area contributed by atoms with Crippen LogP contribution < -0.4 is 5.32 Å². The monoisotopic (exact) mass is 332 g/mol. The molecule has 0 amide bonds. The first-order chi connectivity index (χ1) is 12.3. The maximum atomic E-state index is 4.10. The molecule has 25 heavy (non-hydrogen) atoms. The van der Waals surface area contributed by atoms with E-state index in [-0.39, 0.29) is 0 Å². The normalized spacial score (nSPS) is 26.2. The molecule has 2 aromatic carbocycles. The lowest BCUT2D eigenvalue weighted by Gasteiger charge is -2.37. The van der Waals surface area contributed by atoms with E-state index in [9.17, 15) is 0 Å². The van der Waals surface area contributed by atoms with Gasteiger partial charge < -0.3 is 10.2 Å². The summed E-state index contributed by atoms with van der Waals surface area (Å²) in [6, 6.07) is 17.5. The van der Waals surface area contributed by atoms with Crippen molar-refractivity contribution in [3.05, 3.63) is 48.7 Å². The van der Waals surface area contributed by atoms with Gasteiger partial charge in [-0.2, -0.15) is 5.10 Å². The third-order valence-corrected chi connectivity index (χ3v) is 6.13. The van der Waals surface area contributed by atoms with Gasteiger partial charge in [0, 0.05) is 29.2 Å². The molecule has 2 fully saturated rings. The largest absolute Gasteiger partial charge is 0.382 e. The van der Waals surface area contributed by atoms with Crippen LogP contribution in [0.5, 0.6) is 0 Å². The number of aromatic amines is 1. The summed E-state index contributed by atoms with van der Waals surface area (Å²) in [5.74, 6) is 0. The summed E-state index contributed by atoms with van der Waals surface area (Å²) in [5.41, 5.74) is 4.80. The van der Waals surface area contributed by atoms with Gasteiger partial charge in [0.1, 0.15) is 0 Å². The fourth-order valence-corrected chi connectivity index (χ4v) is 4.65. The summed E-state index contributed by atoms with van der Waals surface area (Å²) in [5, 5.41) is 12.0. The summed E-state index contributed by atoms with van der Waals surface area (Å²) in [6.07, 6.45) is 7.16. The van der Waals surface area contributed by atoms with Crippen molar-refractivity contribution in [3.8, 4) is 11.1 Å². The molecule has 0 spiro atoms. The molecule has 2 bridgehead atoms. The second-order valence-electron chi connectivity index (χ2n) is 7.61. The maximum absolute atomic E-state index is 4.10. The highest BCUT2D eigenvalue weighted by Crippen LogP contribution is 2.35. The van der Waals surface area contributed by atoms with Gasteiger partial charge in [0.05, 0.1) is 11.7 Å². The van der Waals surface area contributed by atoms with Gasteiger partial charge in [-0.1, -0.05) is 18.2 Å². The molecule has 0 aliphatic carbocycles.